The number of furan rings is 1. The van der Waals surface area contributed by atoms with Gasteiger partial charge in [-0.2, -0.15) is 0 Å². The molecular weight excluding hydrogens is 645 g/mol. The highest BCUT2D eigenvalue weighted by Gasteiger charge is 2.35. The summed E-state index contributed by atoms with van der Waals surface area (Å²) in [5.41, 5.74) is 12.6. The fourth-order valence-corrected chi connectivity index (χ4v) is 9.30. The molecule has 3 aromatic heterocycles. The first kappa shape index (κ1) is 28.6. The molecule has 0 atom stereocenters. The Kier molecular flexibility index (Phi) is 5.85. The maximum absolute atomic E-state index is 6.44. The highest BCUT2D eigenvalue weighted by molar-refractivity contribution is 7.25. The Hall–Kier alpha value is -6.17. The first-order chi connectivity index (χ1) is 25.0. The number of hydrogen-bond donors (Lipinski definition) is 0. The number of anilines is 3. The smallest absolute Gasteiger partial charge is 0.227 e. The monoisotopic (exact) mass is 674 g/mol. The van der Waals surface area contributed by atoms with E-state index in [0.29, 0.717) is 5.89 Å². The van der Waals surface area contributed by atoms with Gasteiger partial charge in [0.15, 0.2) is 5.58 Å². The lowest BCUT2D eigenvalue weighted by Crippen LogP contribution is -2.16. The molecule has 51 heavy (non-hydrogen) atoms. The van der Waals surface area contributed by atoms with Crippen molar-refractivity contribution in [1.82, 2.24) is 4.98 Å². The van der Waals surface area contributed by atoms with Gasteiger partial charge in [-0.1, -0.05) is 86.6 Å². The van der Waals surface area contributed by atoms with Crippen LogP contribution in [0.2, 0.25) is 0 Å². The Balaban J connectivity index is 1.11. The zero-order valence-electron chi connectivity index (χ0n) is 28.0. The van der Waals surface area contributed by atoms with E-state index >= 15 is 0 Å². The summed E-state index contributed by atoms with van der Waals surface area (Å²) in [5, 5.41) is 4.62. The molecule has 0 N–H and O–H groups in total. The molecule has 3 heterocycles. The molecule has 0 aliphatic heterocycles. The van der Waals surface area contributed by atoms with Gasteiger partial charge in [-0.3, -0.25) is 0 Å². The first-order valence-electron chi connectivity index (χ1n) is 17.3. The molecule has 0 saturated heterocycles. The van der Waals surface area contributed by atoms with E-state index in [0.717, 1.165) is 55.7 Å². The summed E-state index contributed by atoms with van der Waals surface area (Å²) in [6, 6.07) is 51.9. The standard InChI is InChI=1S/C46H30N2O2S/c1-46(2)37-14-8-6-12-31(37)32-19-16-29(23-38(32)46)48(30-17-20-34-33-13-7-9-15-43(33)51-44(34)24-30)28-18-21-40-35(22-28)36-25-42-39(26-41(36)49-40)47-45(50-42)27-10-4-3-5-11-27/h3-26H,1-2H3. The fourth-order valence-electron chi connectivity index (χ4n) is 8.16. The van der Waals surface area contributed by atoms with Gasteiger partial charge in [-0.15, -0.1) is 11.3 Å². The molecule has 11 rings (SSSR count). The molecule has 1 aliphatic carbocycles. The van der Waals surface area contributed by atoms with Gasteiger partial charge in [0.1, 0.15) is 16.7 Å². The number of thiophene rings is 1. The molecule has 0 radical (unpaired) electrons. The molecule has 0 amide bonds. The summed E-state index contributed by atoms with van der Waals surface area (Å²) >= 11 is 1.84. The quantitative estimate of drug-likeness (QED) is 0.186. The van der Waals surface area contributed by atoms with Gasteiger partial charge in [0.2, 0.25) is 5.89 Å². The molecule has 0 saturated carbocycles. The molecule has 0 spiro atoms. The van der Waals surface area contributed by atoms with E-state index in [4.69, 9.17) is 13.8 Å². The maximum atomic E-state index is 6.44. The van der Waals surface area contributed by atoms with Crippen molar-refractivity contribution < 1.29 is 8.83 Å². The van der Waals surface area contributed by atoms with Crippen molar-refractivity contribution >= 4 is 81.6 Å². The third kappa shape index (κ3) is 4.22. The first-order valence-corrected chi connectivity index (χ1v) is 18.1. The van der Waals surface area contributed by atoms with E-state index in [1.54, 1.807) is 0 Å². The summed E-state index contributed by atoms with van der Waals surface area (Å²) in [6.45, 7) is 4.68. The lowest BCUT2D eigenvalue weighted by molar-refractivity contribution is 0.620. The van der Waals surface area contributed by atoms with Crippen LogP contribution in [0, 0.1) is 0 Å². The van der Waals surface area contributed by atoms with E-state index in [-0.39, 0.29) is 5.41 Å². The van der Waals surface area contributed by atoms with Crippen molar-refractivity contribution in [3.63, 3.8) is 0 Å². The predicted molar refractivity (Wildman–Crippen MR) is 212 cm³/mol. The Morgan fingerprint density at radius 1 is 0.510 bits per heavy atom. The summed E-state index contributed by atoms with van der Waals surface area (Å²) in [4.78, 5) is 7.18. The van der Waals surface area contributed by atoms with Crippen LogP contribution < -0.4 is 4.90 Å². The molecule has 242 valence electrons. The second-order valence-corrected chi connectivity index (χ2v) is 15.1. The van der Waals surface area contributed by atoms with Gasteiger partial charge in [0.25, 0.3) is 0 Å². The van der Waals surface area contributed by atoms with Crippen molar-refractivity contribution in [1.29, 1.82) is 0 Å². The largest absolute Gasteiger partial charge is 0.456 e. The average Bonchev–Trinajstić information content (AvgIpc) is 3.91. The van der Waals surface area contributed by atoms with E-state index < -0.39 is 0 Å². The van der Waals surface area contributed by atoms with Gasteiger partial charge < -0.3 is 13.7 Å². The lowest BCUT2D eigenvalue weighted by atomic mass is 9.82. The molecule has 7 aromatic carbocycles. The SMILES string of the molecule is CC1(C)c2ccccc2-c2ccc(N(c3ccc4c(c3)sc3ccccc34)c3ccc4oc5cc6nc(-c7ccccc7)oc6cc5c4c3)cc21. The van der Waals surface area contributed by atoms with Crippen molar-refractivity contribution in [2.24, 2.45) is 0 Å². The second-order valence-electron chi connectivity index (χ2n) is 14.0. The van der Waals surface area contributed by atoms with Gasteiger partial charge >= 0.3 is 0 Å². The van der Waals surface area contributed by atoms with Gasteiger partial charge in [0.05, 0.1) is 0 Å². The molecule has 0 unspecified atom stereocenters. The van der Waals surface area contributed by atoms with Crippen LogP contribution in [0.15, 0.2) is 154 Å². The van der Waals surface area contributed by atoms with Crippen LogP contribution in [0.5, 0.6) is 0 Å². The summed E-state index contributed by atoms with van der Waals surface area (Å²) in [5.74, 6) is 0.604. The number of nitrogens with zero attached hydrogens (tertiary/aromatic N) is 2. The summed E-state index contributed by atoms with van der Waals surface area (Å²) in [7, 11) is 0. The highest BCUT2D eigenvalue weighted by atomic mass is 32.1. The van der Waals surface area contributed by atoms with Crippen LogP contribution in [0.25, 0.3) is 75.8 Å². The van der Waals surface area contributed by atoms with Crippen LogP contribution in [-0.2, 0) is 5.41 Å². The fraction of sp³-hybridized carbons (Fsp3) is 0.0652. The van der Waals surface area contributed by atoms with Crippen molar-refractivity contribution in [2.45, 2.75) is 19.3 Å². The molecule has 5 heteroatoms. The minimum Gasteiger partial charge on any atom is -0.456 e. The van der Waals surface area contributed by atoms with E-state index in [9.17, 15) is 0 Å². The van der Waals surface area contributed by atoms with E-state index in [1.807, 2.05) is 47.7 Å². The molecule has 4 nitrogen and oxygen atoms in total. The van der Waals surface area contributed by atoms with Gasteiger partial charge in [0, 0.05) is 65.1 Å². The van der Waals surface area contributed by atoms with Crippen molar-refractivity contribution in [3.8, 4) is 22.6 Å². The Bertz CT molecular complexity index is 3020. The van der Waals surface area contributed by atoms with E-state index in [1.165, 1.54) is 42.4 Å². The van der Waals surface area contributed by atoms with Crippen LogP contribution in [0.4, 0.5) is 17.1 Å². The molecule has 10 aromatic rings. The van der Waals surface area contributed by atoms with E-state index in [2.05, 4.69) is 128 Å². The van der Waals surface area contributed by atoms with Crippen molar-refractivity contribution in [2.75, 3.05) is 4.90 Å². The average molecular weight is 675 g/mol. The normalized spacial score (nSPS) is 13.5. The molecule has 1 aliphatic rings. The Morgan fingerprint density at radius 3 is 2.14 bits per heavy atom. The topological polar surface area (TPSA) is 42.4 Å². The molecule has 0 fully saturated rings. The van der Waals surface area contributed by atoms with Crippen molar-refractivity contribution in [3.05, 3.63) is 157 Å². The number of fused-ring (bicyclic) bond motifs is 10. The number of rotatable bonds is 4. The zero-order valence-corrected chi connectivity index (χ0v) is 28.8. The number of benzene rings is 7. The predicted octanol–water partition coefficient (Wildman–Crippen LogP) is 13.5. The number of oxazole rings is 1. The summed E-state index contributed by atoms with van der Waals surface area (Å²) in [6.07, 6.45) is 0. The lowest BCUT2D eigenvalue weighted by Gasteiger charge is -2.28. The number of aromatic nitrogens is 1. The van der Waals surface area contributed by atoms with Crippen LogP contribution in [-0.4, -0.2) is 4.98 Å². The minimum atomic E-state index is -0.116. The van der Waals surface area contributed by atoms with Crippen LogP contribution in [0.1, 0.15) is 25.0 Å². The number of hydrogen-bond acceptors (Lipinski definition) is 5. The summed E-state index contributed by atoms with van der Waals surface area (Å²) < 4.78 is 15.3. The second kappa shape index (κ2) is 10.4. The Morgan fingerprint density at radius 2 is 1.22 bits per heavy atom. The highest BCUT2D eigenvalue weighted by Crippen LogP contribution is 2.51. The maximum Gasteiger partial charge on any atom is 0.227 e. The third-order valence-corrected chi connectivity index (χ3v) is 11.8. The molecule has 0 bridgehead atoms. The zero-order chi connectivity index (χ0) is 33.8. The third-order valence-electron chi connectivity index (χ3n) is 10.7. The van der Waals surface area contributed by atoms with Gasteiger partial charge in [-0.25, -0.2) is 4.98 Å². The van der Waals surface area contributed by atoms with Crippen LogP contribution >= 0.6 is 11.3 Å². The molecular formula is C46H30N2O2S. The Labute approximate surface area is 297 Å². The van der Waals surface area contributed by atoms with Gasteiger partial charge in [-0.05, 0) is 89.0 Å². The minimum absolute atomic E-state index is 0.116. The van der Waals surface area contributed by atoms with Crippen LogP contribution in [0.3, 0.4) is 0 Å².